The van der Waals surface area contributed by atoms with E-state index in [1.807, 2.05) is 44.2 Å². The second-order valence-electron chi connectivity index (χ2n) is 11.6. The highest BCUT2D eigenvalue weighted by Crippen LogP contribution is 2.75. The lowest BCUT2D eigenvalue weighted by atomic mass is 9.54. The van der Waals surface area contributed by atoms with Crippen LogP contribution < -0.4 is 9.47 Å². The van der Waals surface area contributed by atoms with Gasteiger partial charge >= 0.3 is 0 Å². The molecule has 1 fully saturated rings. The van der Waals surface area contributed by atoms with Crippen molar-refractivity contribution in [1.82, 2.24) is 5.16 Å². The van der Waals surface area contributed by atoms with Gasteiger partial charge in [-0.2, -0.15) is 0 Å². The highest BCUT2D eigenvalue weighted by molar-refractivity contribution is 6.30. The fourth-order valence-corrected chi connectivity index (χ4v) is 8.41. The molecule has 0 bridgehead atoms. The number of fused-ring (bicyclic) bond motifs is 6. The molecule has 0 radical (unpaired) electrons. The Labute approximate surface area is 234 Å². The Bertz CT molecular complexity index is 2000. The van der Waals surface area contributed by atoms with Crippen LogP contribution in [0.3, 0.4) is 0 Å². The molecule has 0 unspecified atom stereocenters. The van der Waals surface area contributed by atoms with Gasteiger partial charge in [0.2, 0.25) is 5.78 Å². The molecule has 202 valence electrons. The highest BCUT2D eigenvalue weighted by Gasteiger charge is 2.78. The second-order valence-corrected chi connectivity index (χ2v) is 11.6. The molecule has 1 aromatic heterocycles. The number of aromatic nitrogens is 1. The van der Waals surface area contributed by atoms with E-state index in [1.165, 1.54) is 6.07 Å². The maximum absolute atomic E-state index is 14.2. The summed E-state index contributed by atoms with van der Waals surface area (Å²) in [7, 11) is 1.60. The molecule has 3 heterocycles. The van der Waals surface area contributed by atoms with Crippen LogP contribution in [0.25, 0.3) is 17.3 Å². The minimum absolute atomic E-state index is 0.0115. The first kappa shape index (κ1) is 23.1. The summed E-state index contributed by atoms with van der Waals surface area (Å²) in [6, 6.07) is 12.4. The van der Waals surface area contributed by atoms with E-state index in [2.05, 4.69) is 5.16 Å². The van der Waals surface area contributed by atoms with Crippen molar-refractivity contribution in [3.63, 3.8) is 0 Å². The number of hydrogen-bond acceptors (Lipinski definition) is 8. The van der Waals surface area contributed by atoms with Crippen molar-refractivity contribution >= 4 is 17.6 Å². The van der Waals surface area contributed by atoms with Gasteiger partial charge in [0.15, 0.2) is 11.5 Å². The average Bonchev–Trinajstić information content (AvgIpc) is 3.56. The Balaban J connectivity index is 1.43. The summed E-state index contributed by atoms with van der Waals surface area (Å²) in [6.07, 6.45) is 1.73. The van der Waals surface area contributed by atoms with Crippen LogP contribution in [0, 0.1) is 12.8 Å². The smallest absolute Gasteiger partial charge is 0.253 e. The summed E-state index contributed by atoms with van der Waals surface area (Å²) in [5.41, 5.74) is 4.95. The number of benzene rings is 3. The third kappa shape index (κ3) is 2.24. The van der Waals surface area contributed by atoms with Crippen molar-refractivity contribution in [1.29, 1.82) is 0 Å². The first-order chi connectivity index (χ1) is 19.7. The number of hydrogen-bond donors (Lipinski definition) is 1. The van der Waals surface area contributed by atoms with Gasteiger partial charge in [-0.1, -0.05) is 28.9 Å². The van der Waals surface area contributed by atoms with Crippen LogP contribution in [-0.4, -0.2) is 35.0 Å². The Morgan fingerprint density at radius 1 is 0.976 bits per heavy atom. The molecule has 4 atom stereocenters. The van der Waals surface area contributed by atoms with Crippen LogP contribution in [0.1, 0.15) is 73.7 Å². The molecule has 41 heavy (non-hydrogen) atoms. The van der Waals surface area contributed by atoms with Crippen LogP contribution in [0.2, 0.25) is 0 Å². The number of nitrogens with zero attached hydrogens (tertiary/aromatic N) is 1. The topological polar surface area (TPSA) is 108 Å². The van der Waals surface area contributed by atoms with Gasteiger partial charge in [0, 0.05) is 33.7 Å². The largest absolute Gasteiger partial charge is 0.507 e. The molecule has 8 nitrogen and oxygen atoms in total. The Morgan fingerprint density at radius 3 is 2.61 bits per heavy atom. The lowest BCUT2D eigenvalue weighted by Crippen LogP contribution is -2.53. The lowest BCUT2D eigenvalue weighted by molar-refractivity contribution is -0.187. The molecule has 4 aromatic rings. The zero-order chi connectivity index (χ0) is 28.2. The molecule has 1 N–H and O–H groups in total. The minimum Gasteiger partial charge on any atom is -0.507 e. The molecule has 3 aliphatic carbocycles. The summed E-state index contributed by atoms with van der Waals surface area (Å²) < 4.78 is 25.7. The fourth-order valence-electron chi connectivity index (χ4n) is 8.41. The van der Waals surface area contributed by atoms with E-state index in [0.717, 1.165) is 16.7 Å². The van der Waals surface area contributed by atoms with Crippen molar-refractivity contribution in [3.05, 3.63) is 98.3 Å². The van der Waals surface area contributed by atoms with Crippen LogP contribution in [0.5, 0.6) is 17.2 Å². The number of phenolic OH excluding ortho intramolecular Hbond substituents is 1. The molecule has 9 rings (SSSR count). The maximum atomic E-state index is 14.2. The van der Waals surface area contributed by atoms with Crippen LogP contribution in [-0.2, 0) is 15.9 Å². The SMILES string of the molecule is COc1cccc2c1-c1noc3c1[C@@]14c5ccc6c(c5O[C@@]21O[C@H](C)[C@H]4C(C)=C3)C(=O)c1c(O)cc(C)cc1C6=O. The number of carbonyl (C=O) groups excluding carboxylic acids is 2. The third-order valence-electron chi connectivity index (χ3n) is 9.64. The summed E-state index contributed by atoms with van der Waals surface area (Å²) in [6.45, 7) is 5.85. The molecule has 0 amide bonds. The molecule has 1 saturated heterocycles. The van der Waals surface area contributed by atoms with Crippen molar-refractivity contribution in [2.45, 2.75) is 38.1 Å². The standard InChI is InChI=1S/C33H23NO7/c1-13-10-17-23(20(35)11-13)30(37)24-16(29(17)36)8-9-19-31(24)40-33-18-6-5-7-21(38-4)25(18)28-27-22(41-34-28)12-14(2)26(15(3)39-33)32(19,27)33/h5-12,15,26,35H,1-4H3/t15-,26-,32+,33+/m1/s1. The number of ether oxygens (including phenoxy) is 3. The summed E-state index contributed by atoms with van der Waals surface area (Å²) in [4.78, 5) is 28.0. The summed E-state index contributed by atoms with van der Waals surface area (Å²) >= 11 is 0. The monoisotopic (exact) mass is 545 g/mol. The quantitative estimate of drug-likeness (QED) is 0.297. The van der Waals surface area contributed by atoms with Crippen LogP contribution in [0.15, 0.2) is 52.6 Å². The van der Waals surface area contributed by atoms with E-state index in [9.17, 15) is 14.7 Å². The lowest BCUT2D eigenvalue weighted by Gasteiger charge is -2.46. The van der Waals surface area contributed by atoms with E-state index in [-0.39, 0.29) is 51.6 Å². The van der Waals surface area contributed by atoms with Gasteiger partial charge in [-0.25, -0.2) is 0 Å². The fraction of sp³-hybridized carbons (Fsp3) is 0.242. The number of ketones is 2. The van der Waals surface area contributed by atoms with Crippen molar-refractivity contribution < 1.29 is 33.4 Å². The van der Waals surface area contributed by atoms with Crippen molar-refractivity contribution in [2.24, 2.45) is 5.92 Å². The predicted molar refractivity (Wildman–Crippen MR) is 145 cm³/mol. The average molecular weight is 546 g/mol. The Morgan fingerprint density at radius 2 is 1.80 bits per heavy atom. The van der Waals surface area contributed by atoms with Crippen molar-refractivity contribution in [2.75, 3.05) is 7.11 Å². The molecule has 5 aliphatic rings. The maximum Gasteiger partial charge on any atom is 0.253 e. The van der Waals surface area contributed by atoms with Crippen LogP contribution in [0.4, 0.5) is 0 Å². The molecular formula is C33H23NO7. The molecule has 8 heteroatoms. The first-order valence-electron chi connectivity index (χ1n) is 13.6. The Kier molecular flexibility index (Phi) is 3.91. The summed E-state index contributed by atoms with van der Waals surface area (Å²) in [5.74, 6) is -1.11. The number of rotatable bonds is 1. The predicted octanol–water partition coefficient (Wildman–Crippen LogP) is 5.44. The molecule has 2 aliphatic heterocycles. The van der Waals surface area contributed by atoms with Gasteiger partial charge < -0.3 is 23.8 Å². The van der Waals surface area contributed by atoms with Gasteiger partial charge in [0.25, 0.3) is 5.79 Å². The van der Waals surface area contributed by atoms with E-state index >= 15 is 0 Å². The van der Waals surface area contributed by atoms with E-state index in [0.29, 0.717) is 33.9 Å². The molecule has 1 spiro atoms. The van der Waals surface area contributed by atoms with Crippen LogP contribution >= 0.6 is 0 Å². The number of phenols is 1. The zero-order valence-corrected chi connectivity index (χ0v) is 22.6. The van der Waals surface area contributed by atoms with E-state index in [1.54, 1.807) is 26.2 Å². The highest BCUT2D eigenvalue weighted by atomic mass is 16.7. The zero-order valence-electron chi connectivity index (χ0n) is 22.6. The minimum atomic E-state index is -1.39. The normalized spacial score (nSPS) is 27.2. The number of aromatic hydroxyl groups is 1. The molecular weight excluding hydrogens is 522 g/mol. The van der Waals surface area contributed by atoms with Gasteiger partial charge in [0.05, 0.1) is 29.9 Å². The van der Waals surface area contributed by atoms with Crippen molar-refractivity contribution in [3.8, 4) is 28.5 Å². The summed E-state index contributed by atoms with van der Waals surface area (Å²) in [5, 5.41) is 15.4. The van der Waals surface area contributed by atoms with Gasteiger partial charge in [0.1, 0.15) is 28.4 Å². The third-order valence-corrected chi connectivity index (χ3v) is 9.64. The Hall–Kier alpha value is -4.69. The first-order valence-corrected chi connectivity index (χ1v) is 13.6. The molecule has 3 aromatic carbocycles. The molecule has 0 saturated carbocycles. The van der Waals surface area contributed by atoms with Gasteiger partial charge in [-0.15, -0.1) is 0 Å². The second kappa shape index (κ2) is 6.95. The van der Waals surface area contributed by atoms with Gasteiger partial charge in [-0.3, -0.25) is 9.59 Å². The van der Waals surface area contributed by atoms with E-state index in [4.69, 9.17) is 18.7 Å². The van der Waals surface area contributed by atoms with Gasteiger partial charge in [-0.05, 0) is 56.7 Å². The number of carbonyl (C=O) groups is 2. The van der Waals surface area contributed by atoms with E-state index < -0.39 is 17.0 Å². The number of aryl methyl sites for hydroxylation is 1. The number of methoxy groups -OCH3 is 1.